The second kappa shape index (κ2) is 5.45. The second-order valence-electron chi connectivity index (χ2n) is 5.03. The molecule has 2 aromatic rings. The number of ether oxygens (including phenoxy) is 1. The van der Waals surface area contributed by atoms with E-state index in [0.29, 0.717) is 12.6 Å². The zero-order valence-electron chi connectivity index (χ0n) is 11.2. The number of nitrogens with one attached hydrogen (secondary N) is 1. The minimum Gasteiger partial charge on any atom is -0.491 e. The molecule has 1 unspecified atom stereocenters. The van der Waals surface area contributed by atoms with E-state index in [-0.39, 0.29) is 0 Å². The number of hydrogen-bond acceptors (Lipinski definition) is 2. The number of hydrogen-bond donors (Lipinski definition) is 1. The molecule has 2 nitrogen and oxygen atoms in total. The Morgan fingerprint density at radius 3 is 2.79 bits per heavy atom. The van der Waals surface area contributed by atoms with Crippen molar-refractivity contribution in [3.05, 3.63) is 65.2 Å². The number of rotatable bonds is 3. The monoisotopic (exact) mass is 253 g/mol. The van der Waals surface area contributed by atoms with Crippen LogP contribution >= 0.6 is 0 Å². The largest absolute Gasteiger partial charge is 0.491 e. The van der Waals surface area contributed by atoms with E-state index in [1.54, 1.807) is 0 Å². The molecule has 0 saturated heterocycles. The van der Waals surface area contributed by atoms with E-state index in [1.807, 2.05) is 18.2 Å². The standard InChI is InChI=1S/C17H19NO/c1-13-6-2-5-9-17(13)19-12-16-15-8-4-3-7-14(15)10-11-18-16/h2-9,16,18H,10-12H2,1H3. The lowest BCUT2D eigenvalue weighted by Crippen LogP contribution is -2.33. The fraction of sp³-hybridized carbons (Fsp3) is 0.294. The van der Waals surface area contributed by atoms with Crippen LogP contribution in [-0.4, -0.2) is 13.2 Å². The molecule has 0 fully saturated rings. The Hall–Kier alpha value is -1.80. The average molecular weight is 253 g/mol. The first-order valence-corrected chi connectivity index (χ1v) is 6.84. The first-order chi connectivity index (χ1) is 9.34. The van der Waals surface area contributed by atoms with Crippen molar-refractivity contribution in [3.8, 4) is 5.75 Å². The van der Waals surface area contributed by atoms with Crippen molar-refractivity contribution in [2.45, 2.75) is 19.4 Å². The lowest BCUT2D eigenvalue weighted by molar-refractivity contribution is 0.260. The van der Waals surface area contributed by atoms with Gasteiger partial charge in [-0.2, -0.15) is 0 Å². The van der Waals surface area contributed by atoms with E-state index in [2.05, 4.69) is 42.6 Å². The predicted octanol–water partition coefficient (Wildman–Crippen LogP) is 3.26. The van der Waals surface area contributed by atoms with Crippen LogP contribution in [0.3, 0.4) is 0 Å². The van der Waals surface area contributed by atoms with Gasteiger partial charge in [0.05, 0.1) is 6.04 Å². The summed E-state index contributed by atoms with van der Waals surface area (Å²) < 4.78 is 5.97. The van der Waals surface area contributed by atoms with E-state index < -0.39 is 0 Å². The molecule has 2 heteroatoms. The number of fused-ring (bicyclic) bond motifs is 1. The highest BCUT2D eigenvalue weighted by atomic mass is 16.5. The van der Waals surface area contributed by atoms with Gasteiger partial charge in [-0.25, -0.2) is 0 Å². The van der Waals surface area contributed by atoms with Crippen LogP contribution in [0, 0.1) is 6.92 Å². The van der Waals surface area contributed by atoms with Gasteiger partial charge in [-0.3, -0.25) is 0 Å². The van der Waals surface area contributed by atoms with E-state index in [9.17, 15) is 0 Å². The molecule has 0 aliphatic carbocycles. The van der Waals surface area contributed by atoms with Crippen molar-refractivity contribution in [2.75, 3.05) is 13.2 Å². The van der Waals surface area contributed by atoms with Gasteiger partial charge >= 0.3 is 0 Å². The number of aryl methyl sites for hydroxylation is 1. The highest BCUT2D eigenvalue weighted by Crippen LogP contribution is 2.24. The highest BCUT2D eigenvalue weighted by Gasteiger charge is 2.19. The van der Waals surface area contributed by atoms with Gasteiger partial charge < -0.3 is 10.1 Å². The summed E-state index contributed by atoms with van der Waals surface area (Å²) in [6.45, 7) is 3.79. The molecular weight excluding hydrogens is 234 g/mol. The van der Waals surface area contributed by atoms with Crippen molar-refractivity contribution in [3.63, 3.8) is 0 Å². The molecule has 0 amide bonds. The quantitative estimate of drug-likeness (QED) is 0.906. The Morgan fingerprint density at radius 2 is 1.89 bits per heavy atom. The molecule has 2 aromatic carbocycles. The Morgan fingerprint density at radius 1 is 1.11 bits per heavy atom. The van der Waals surface area contributed by atoms with Gasteiger partial charge in [-0.1, -0.05) is 42.5 Å². The maximum atomic E-state index is 5.97. The Bertz CT molecular complexity index is 565. The van der Waals surface area contributed by atoms with E-state index in [4.69, 9.17) is 4.74 Å². The third-order valence-electron chi connectivity index (χ3n) is 3.71. The molecular formula is C17H19NO. The Balaban J connectivity index is 1.73. The summed E-state index contributed by atoms with van der Waals surface area (Å²) in [5.74, 6) is 0.979. The van der Waals surface area contributed by atoms with Gasteiger partial charge in [0.25, 0.3) is 0 Å². The summed E-state index contributed by atoms with van der Waals surface area (Å²) >= 11 is 0. The minimum absolute atomic E-state index is 0.296. The van der Waals surface area contributed by atoms with Crippen molar-refractivity contribution in [2.24, 2.45) is 0 Å². The molecule has 1 atom stereocenters. The normalized spacial score (nSPS) is 17.8. The van der Waals surface area contributed by atoms with Crippen molar-refractivity contribution in [1.29, 1.82) is 0 Å². The maximum absolute atomic E-state index is 5.97. The molecule has 98 valence electrons. The average Bonchev–Trinajstić information content (AvgIpc) is 2.46. The molecule has 0 aromatic heterocycles. The topological polar surface area (TPSA) is 21.3 Å². The fourth-order valence-electron chi connectivity index (χ4n) is 2.63. The molecule has 3 rings (SSSR count). The van der Waals surface area contributed by atoms with Gasteiger partial charge in [-0.05, 0) is 42.6 Å². The van der Waals surface area contributed by atoms with Crippen LogP contribution in [0.25, 0.3) is 0 Å². The number of benzene rings is 2. The zero-order valence-corrected chi connectivity index (χ0v) is 11.2. The Kier molecular flexibility index (Phi) is 3.51. The lowest BCUT2D eigenvalue weighted by atomic mass is 9.95. The van der Waals surface area contributed by atoms with Gasteiger partial charge in [0.2, 0.25) is 0 Å². The molecule has 19 heavy (non-hydrogen) atoms. The zero-order chi connectivity index (χ0) is 13.1. The second-order valence-corrected chi connectivity index (χ2v) is 5.03. The van der Waals surface area contributed by atoms with Crippen LogP contribution in [0.2, 0.25) is 0 Å². The molecule has 0 radical (unpaired) electrons. The van der Waals surface area contributed by atoms with Gasteiger partial charge in [0, 0.05) is 0 Å². The van der Waals surface area contributed by atoms with Gasteiger partial charge in [-0.15, -0.1) is 0 Å². The van der Waals surface area contributed by atoms with Gasteiger partial charge in [0.15, 0.2) is 0 Å². The highest BCUT2D eigenvalue weighted by molar-refractivity contribution is 5.34. The first-order valence-electron chi connectivity index (χ1n) is 6.84. The first kappa shape index (κ1) is 12.2. The van der Waals surface area contributed by atoms with Crippen LogP contribution in [0.1, 0.15) is 22.7 Å². The third-order valence-corrected chi connectivity index (χ3v) is 3.71. The summed E-state index contributed by atoms with van der Waals surface area (Å²) in [5, 5.41) is 3.54. The van der Waals surface area contributed by atoms with Crippen LogP contribution in [0.5, 0.6) is 5.75 Å². The molecule has 1 aliphatic rings. The number of para-hydroxylation sites is 1. The van der Waals surface area contributed by atoms with Crippen molar-refractivity contribution >= 4 is 0 Å². The SMILES string of the molecule is Cc1ccccc1OCC1NCCc2ccccc21. The van der Waals surface area contributed by atoms with Crippen LogP contribution in [0.15, 0.2) is 48.5 Å². The van der Waals surface area contributed by atoms with E-state index in [1.165, 1.54) is 16.7 Å². The third kappa shape index (κ3) is 2.64. The van der Waals surface area contributed by atoms with Crippen molar-refractivity contribution < 1.29 is 4.74 Å². The van der Waals surface area contributed by atoms with E-state index in [0.717, 1.165) is 18.7 Å². The minimum atomic E-state index is 0.296. The molecule has 1 heterocycles. The summed E-state index contributed by atoms with van der Waals surface area (Å²) in [4.78, 5) is 0. The van der Waals surface area contributed by atoms with Crippen LogP contribution < -0.4 is 10.1 Å². The lowest BCUT2D eigenvalue weighted by Gasteiger charge is -2.27. The van der Waals surface area contributed by atoms with Crippen molar-refractivity contribution in [1.82, 2.24) is 5.32 Å². The molecule has 0 saturated carbocycles. The maximum Gasteiger partial charge on any atom is 0.122 e. The summed E-state index contributed by atoms with van der Waals surface area (Å²) in [6, 6.07) is 17.1. The summed E-state index contributed by atoms with van der Waals surface area (Å²) in [6.07, 6.45) is 1.11. The van der Waals surface area contributed by atoms with Crippen LogP contribution in [-0.2, 0) is 6.42 Å². The molecule has 1 aliphatic heterocycles. The van der Waals surface area contributed by atoms with Crippen LogP contribution in [0.4, 0.5) is 0 Å². The molecule has 0 bridgehead atoms. The molecule has 0 spiro atoms. The summed E-state index contributed by atoms with van der Waals surface area (Å²) in [5.41, 5.74) is 4.01. The van der Waals surface area contributed by atoms with E-state index >= 15 is 0 Å². The van der Waals surface area contributed by atoms with Gasteiger partial charge in [0.1, 0.15) is 12.4 Å². The summed E-state index contributed by atoms with van der Waals surface area (Å²) in [7, 11) is 0. The smallest absolute Gasteiger partial charge is 0.122 e. The molecule has 1 N–H and O–H groups in total. The fourth-order valence-corrected chi connectivity index (χ4v) is 2.63. The predicted molar refractivity (Wildman–Crippen MR) is 77.6 cm³/mol. The Labute approximate surface area is 114 Å².